The van der Waals surface area contributed by atoms with Gasteiger partial charge in [0.25, 0.3) is 5.91 Å². The van der Waals surface area contributed by atoms with Gasteiger partial charge < -0.3 is 14.8 Å². The van der Waals surface area contributed by atoms with E-state index in [1.54, 1.807) is 68.2 Å². The molecule has 0 radical (unpaired) electrons. The number of anilines is 1. The van der Waals surface area contributed by atoms with E-state index in [-0.39, 0.29) is 11.6 Å². The number of esters is 1. The summed E-state index contributed by atoms with van der Waals surface area (Å²) in [4.78, 5) is 28.4. The van der Waals surface area contributed by atoms with E-state index in [1.165, 1.54) is 6.20 Å². The smallest absolute Gasteiger partial charge is 0.338 e. The highest BCUT2D eigenvalue weighted by Crippen LogP contribution is 2.28. The largest absolute Gasteiger partial charge is 0.462 e. The third kappa shape index (κ3) is 4.35. The van der Waals surface area contributed by atoms with Crippen molar-refractivity contribution in [2.75, 3.05) is 11.9 Å². The van der Waals surface area contributed by atoms with Crippen LogP contribution in [0.25, 0.3) is 0 Å². The van der Waals surface area contributed by atoms with E-state index >= 15 is 0 Å². The van der Waals surface area contributed by atoms with E-state index in [2.05, 4.69) is 15.4 Å². The highest BCUT2D eigenvalue weighted by atomic mass is 16.5. The van der Waals surface area contributed by atoms with Crippen LogP contribution in [0.3, 0.4) is 0 Å². The number of amides is 1. The molecule has 0 bridgehead atoms. The second kappa shape index (κ2) is 8.34. The molecule has 0 aliphatic rings. The molecule has 0 saturated heterocycles. The third-order valence-electron chi connectivity index (χ3n) is 3.93. The molecule has 3 aromatic rings. The van der Waals surface area contributed by atoms with Crippen LogP contribution in [-0.2, 0) is 11.8 Å². The van der Waals surface area contributed by atoms with Gasteiger partial charge in [0.05, 0.1) is 12.2 Å². The van der Waals surface area contributed by atoms with Crippen LogP contribution in [-0.4, -0.2) is 33.2 Å². The molecule has 28 heavy (non-hydrogen) atoms. The number of rotatable bonds is 6. The Hall–Kier alpha value is -3.68. The molecule has 1 aromatic carbocycles. The molecule has 144 valence electrons. The number of hydrogen-bond acceptors (Lipinski definition) is 6. The summed E-state index contributed by atoms with van der Waals surface area (Å²) in [6, 6.07) is 10.0. The van der Waals surface area contributed by atoms with Crippen LogP contribution in [0.4, 0.5) is 5.82 Å². The number of pyridine rings is 1. The zero-order valence-electron chi connectivity index (χ0n) is 15.8. The molecule has 0 spiro atoms. The molecule has 8 nitrogen and oxygen atoms in total. The second-order valence-electron chi connectivity index (χ2n) is 5.96. The predicted octanol–water partition coefficient (Wildman–Crippen LogP) is 3.34. The Morgan fingerprint density at radius 3 is 2.75 bits per heavy atom. The van der Waals surface area contributed by atoms with Gasteiger partial charge in [-0.05, 0) is 38.1 Å². The lowest BCUT2D eigenvalue weighted by Crippen LogP contribution is -2.14. The van der Waals surface area contributed by atoms with Crippen molar-refractivity contribution in [2.45, 2.75) is 13.8 Å². The second-order valence-corrected chi connectivity index (χ2v) is 5.96. The Morgan fingerprint density at radius 2 is 2.04 bits per heavy atom. The third-order valence-corrected chi connectivity index (χ3v) is 3.93. The first-order valence-corrected chi connectivity index (χ1v) is 8.69. The van der Waals surface area contributed by atoms with E-state index in [1.807, 2.05) is 0 Å². The summed E-state index contributed by atoms with van der Waals surface area (Å²) in [7, 11) is 1.73. The molecule has 0 atom stereocenters. The molecule has 0 aliphatic heterocycles. The Bertz CT molecular complexity index is 1010. The maximum Gasteiger partial charge on any atom is 0.338 e. The lowest BCUT2D eigenvalue weighted by molar-refractivity contribution is 0.0525. The molecular weight excluding hydrogens is 360 g/mol. The first-order valence-electron chi connectivity index (χ1n) is 8.69. The fourth-order valence-corrected chi connectivity index (χ4v) is 2.54. The summed E-state index contributed by atoms with van der Waals surface area (Å²) >= 11 is 0. The average molecular weight is 380 g/mol. The van der Waals surface area contributed by atoms with Crippen molar-refractivity contribution in [3.05, 3.63) is 65.6 Å². The molecule has 1 N–H and O–H groups in total. The lowest BCUT2D eigenvalue weighted by atomic mass is 10.1. The molecule has 0 saturated carbocycles. The van der Waals surface area contributed by atoms with Crippen molar-refractivity contribution in [3.8, 4) is 11.5 Å². The fourth-order valence-electron chi connectivity index (χ4n) is 2.54. The molecule has 0 aliphatic carbocycles. The molecule has 0 fully saturated rings. The number of hydrogen-bond donors (Lipinski definition) is 1. The minimum atomic E-state index is -0.400. The maximum absolute atomic E-state index is 12.2. The number of nitrogens with one attached hydrogen (secondary N) is 1. The van der Waals surface area contributed by atoms with Crippen molar-refractivity contribution >= 4 is 17.7 Å². The Morgan fingerprint density at radius 1 is 1.21 bits per heavy atom. The number of aromatic nitrogens is 3. The monoisotopic (exact) mass is 380 g/mol. The van der Waals surface area contributed by atoms with Gasteiger partial charge in [0.1, 0.15) is 17.3 Å². The minimum Gasteiger partial charge on any atom is -0.462 e. The van der Waals surface area contributed by atoms with Crippen molar-refractivity contribution in [3.63, 3.8) is 0 Å². The van der Waals surface area contributed by atoms with E-state index in [4.69, 9.17) is 9.47 Å². The van der Waals surface area contributed by atoms with Gasteiger partial charge in [-0.15, -0.1) is 0 Å². The normalized spacial score (nSPS) is 10.4. The zero-order valence-corrected chi connectivity index (χ0v) is 15.8. The predicted molar refractivity (Wildman–Crippen MR) is 103 cm³/mol. The number of nitrogens with zero attached hydrogens (tertiary/aromatic N) is 3. The van der Waals surface area contributed by atoms with Gasteiger partial charge in [0, 0.05) is 31.1 Å². The van der Waals surface area contributed by atoms with Crippen molar-refractivity contribution in [2.24, 2.45) is 7.05 Å². The number of carbonyl (C=O) groups is 2. The van der Waals surface area contributed by atoms with Crippen LogP contribution < -0.4 is 10.1 Å². The molecule has 8 heteroatoms. The number of benzene rings is 1. The molecule has 2 aromatic heterocycles. The average Bonchev–Trinajstić information content (AvgIpc) is 3.10. The van der Waals surface area contributed by atoms with E-state index in [9.17, 15) is 9.59 Å². The Kier molecular flexibility index (Phi) is 5.69. The molecule has 3 rings (SSSR count). The molecule has 2 heterocycles. The van der Waals surface area contributed by atoms with Crippen LogP contribution >= 0.6 is 0 Å². The Labute approximate surface area is 162 Å². The van der Waals surface area contributed by atoms with Crippen LogP contribution in [0.2, 0.25) is 0 Å². The number of carbonyl (C=O) groups excluding carboxylic acids is 2. The highest BCUT2D eigenvalue weighted by molar-refractivity contribution is 6.02. The standard InChI is InChI=1S/C20H20N4O4/c1-4-27-20(26)15-6-5-7-17(13(15)2)28-14-8-10-21-18(12-14)22-19(25)16-9-11-24(3)23-16/h5-12H,4H2,1-3H3,(H,21,22,25). The van der Waals surface area contributed by atoms with Crippen molar-refractivity contribution < 1.29 is 19.1 Å². The highest BCUT2D eigenvalue weighted by Gasteiger charge is 2.15. The first-order chi connectivity index (χ1) is 13.5. The Balaban J connectivity index is 1.77. The number of aryl methyl sites for hydroxylation is 1. The molecule has 1 amide bonds. The van der Waals surface area contributed by atoms with Gasteiger partial charge in [0.15, 0.2) is 5.69 Å². The van der Waals surface area contributed by atoms with Crippen LogP contribution in [0.1, 0.15) is 33.3 Å². The fraction of sp³-hybridized carbons (Fsp3) is 0.200. The maximum atomic E-state index is 12.2. The van der Waals surface area contributed by atoms with Gasteiger partial charge in [-0.1, -0.05) is 6.07 Å². The van der Waals surface area contributed by atoms with E-state index in [0.717, 1.165) is 0 Å². The molecular formula is C20H20N4O4. The summed E-state index contributed by atoms with van der Waals surface area (Å²) in [6.07, 6.45) is 3.20. The summed E-state index contributed by atoms with van der Waals surface area (Å²) in [5, 5.41) is 6.73. The summed E-state index contributed by atoms with van der Waals surface area (Å²) in [6.45, 7) is 3.84. The molecule has 0 unspecified atom stereocenters. The van der Waals surface area contributed by atoms with Gasteiger partial charge in [-0.2, -0.15) is 5.10 Å². The quantitative estimate of drug-likeness (QED) is 0.659. The SMILES string of the molecule is CCOC(=O)c1cccc(Oc2ccnc(NC(=O)c3ccn(C)n3)c2)c1C. The van der Waals surface area contributed by atoms with Gasteiger partial charge in [-0.3, -0.25) is 9.48 Å². The van der Waals surface area contributed by atoms with Crippen LogP contribution in [0, 0.1) is 6.92 Å². The van der Waals surface area contributed by atoms with Gasteiger partial charge in [-0.25, -0.2) is 9.78 Å². The van der Waals surface area contributed by atoms with Crippen LogP contribution in [0.5, 0.6) is 11.5 Å². The van der Waals surface area contributed by atoms with Gasteiger partial charge in [0.2, 0.25) is 0 Å². The summed E-state index contributed by atoms with van der Waals surface area (Å²) in [5.74, 6) is 0.538. The van der Waals surface area contributed by atoms with Gasteiger partial charge >= 0.3 is 5.97 Å². The lowest BCUT2D eigenvalue weighted by Gasteiger charge is -2.12. The van der Waals surface area contributed by atoms with Crippen molar-refractivity contribution in [1.82, 2.24) is 14.8 Å². The topological polar surface area (TPSA) is 95.3 Å². The first kappa shape index (κ1) is 19.1. The van der Waals surface area contributed by atoms with Crippen LogP contribution in [0.15, 0.2) is 48.8 Å². The zero-order chi connectivity index (χ0) is 20.1. The number of ether oxygens (including phenoxy) is 2. The van der Waals surface area contributed by atoms with E-state index in [0.29, 0.717) is 35.1 Å². The van der Waals surface area contributed by atoms with Crippen molar-refractivity contribution in [1.29, 1.82) is 0 Å². The summed E-state index contributed by atoms with van der Waals surface area (Å²) in [5.41, 5.74) is 1.39. The summed E-state index contributed by atoms with van der Waals surface area (Å²) < 4.78 is 12.5. The van der Waals surface area contributed by atoms with E-state index < -0.39 is 5.97 Å². The minimum absolute atomic E-state index is 0.286.